The highest BCUT2D eigenvalue weighted by atomic mass is 32.3. The van der Waals surface area contributed by atoms with Gasteiger partial charge in [0.05, 0.1) is 0 Å². The first kappa shape index (κ1) is 22.7. The predicted molar refractivity (Wildman–Crippen MR) is 63.4 cm³/mol. The Kier molecular flexibility index (Phi) is 8.60. The molecule has 0 heterocycles. The third kappa shape index (κ3) is 15.0. The van der Waals surface area contributed by atoms with Crippen molar-refractivity contribution in [1.29, 1.82) is 0 Å². The van der Waals surface area contributed by atoms with E-state index >= 15 is 0 Å². The molecule has 0 rings (SSSR count). The third-order valence-corrected chi connectivity index (χ3v) is 3.67. The first-order valence-electron chi connectivity index (χ1n) is 4.51. The Labute approximate surface area is 129 Å². The lowest BCUT2D eigenvalue weighted by Gasteiger charge is -2.16. The van der Waals surface area contributed by atoms with Crippen molar-refractivity contribution in [2.24, 2.45) is 0 Å². The minimum absolute atomic E-state index is 1.49. The standard InChI is InChI=1S/C3H9O16PS3/c4-20(14-1-17-21(5,6)7,15-2-18-22(8,9)10)16-3-19-23(11,12)13/h1-3H2,(H,5,6,7)(H,8,9,10)(H,11,12,13). The monoisotopic (exact) mass is 428 g/mol. The highest BCUT2D eigenvalue weighted by Gasteiger charge is 2.30. The first-order valence-corrected chi connectivity index (χ1v) is 10.1. The van der Waals surface area contributed by atoms with Crippen LogP contribution in [0.3, 0.4) is 0 Å². The van der Waals surface area contributed by atoms with Crippen LogP contribution in [0.15, 0.2) is 0 Å². The Hall–Kier alpha value is -0.280. The number of phosphoric ester groups is 1. The maximum absolute atomic E-state index is 11.7. The fraction of sp³-hybridized carbons (Fsp3) is 1.00. The number of phosphoric acid groups is 1. The van der Waals surface area contributed by atoms with E-state index in [1.165, 1.54) is 0 Å². The number of hydrogen-bond donors (Lipinski definition) is 3. The van der Waals surface area contributed by atoms with Crippen molar-refractivity contribution in [1.82, 2.24) is 0 Å². The first-order chi connectivity index (χ1) is 10.1. The van der Waals surface area contributed by atoms with E-state index in [1.807, 2.05) is 0 Å². The zero-order valence-corrected chi connectivity index (χ0v) is 13.8. The molecule has 16 nitrogen and oxygen atoms in total. The second-order valence-electron chi connectivity index (χ2n) is 2.82. The molecule has 0 unspecified atom stereocenters. The van der Waals surface area contributed by atoms with E-state index in [0.29, 0.717) is 0 Å². The molecule has 140 valence electrons. The van der Waals surface area contributed by atoms with Crippen LogP contribution < -0.4 is 0 Å². The molecular weight excluding hydrogens is 419 g/mol. The molecule has 0 bridgehead atoms. The van der Waals surface area contributed by atoms with Gasteiger partial charge in [0.2, 0.25) is 0 Å². The van der Waals surface area contributed by atoms with Gasteiger partial charge in [-0.25, -0.2) is 17.1 Å². The van der Waals surface area contributed by atoms with Crippen LogP contribution in [0.25, 0.3) is 0 Å². The van der Waals surface area contributed by atoms with Gasteiger partial charge in [0.25, 0.3) is 0 Å². The third-order valence-electron chi connectivity index (χ3n) is 1.22. The number of hydrogen-bond acceptors (Lipinski definition) is 13. The average Bonchev–Trinajstić information content (AvgIpc) is 2.22. The molecule has 0 aromatic carbocycles. The molecule has 0 aliphatic heterocycles. The van der Waals surface area contributed by atoms with Gasteiger partial charge in [-0.1, -0.05) is 0 Å². The van der Waals surface area contributed by atoms with Gasteiger partial charge >= 0.3 is 39.0 Å². The summed E-state index contributed by atoms with van der Waals surface area (Å²) < 4.78 is 121. The van der Waals surface area contributed by atoms with Gasteiger partial charge in [-0.2, -0.15) is 25.3 Å². The fourth-order valence-electron chi connectivity index (χ4n) is 0.552. The van der Waals surface area contributed by atoms with Gasteiger partial charge in [-0.15, -0.1) is 0 Å². The van der Waals surface area contributed by atoms with E-state index in [0.717, 1.165) is 0 Å². The molecular formula is C3H9O16PS3. The average molecular weight is 428 g/mol. The van der Waals surface area contributed by atoms with Crippen LogP contribution in [0.5, 0.6) is 0 Å². The van der Waals surface area contributed by atoms with Crippen molar-refractivity contribution in [3.05, 3.63) is 0 Å². The SMILES string of the molecule is O=P(OCOS(=O)(=O)O)(OCOS(=O)(=O)O)OCOS(=O)(=O)O. The quantitative estimate of drug-likeness (QED) is 0.182. The normalized spacial score (nSPS) is 14.0. The maximum atomic E-state index is 11.7. The molecule has 0 fully saturated rings. The van der Waals surface area contributed by atoms with Crippen LogP contribution in [-0.2, 0) is 61.9 Å². The summed E-state index contributed by atoms with van der Waals surface area (Å²) in [7, 11) is -20.1. The number of rotatable bonds is 12. The van der Waals surface area contributed by atoms with E-state index in [-0.39, 0.29) is 0 Å². The highest BCUT2D eigenvalue weighted by molar-refractivity contribution is 7.81. The van der Waals surface area contributed by atoms with Crippen molar-refractivity contribution >= 4 is 39.0 Å². The largest absolute Gasteiger partial charge is 0.481 e. The summed E-state index contributed by atoms with van der Waals surface area (Å²) in [6.07, 6.45) is 0. The second kappa shape index (κ2) is 8.71. The zero-order chi connectivity index (χ0) is 18.4. The summed E-state index contributed by atoms with van der Waals surface area (Å²) in [4.78, 5) is 0. The molecule has 0 saturated heterocycles. The van der Waals surface area contributed by atoms with Gasteiger partial charge in [0.1, 0.15) is 0 Å². The molecule has 0 spiro atoms. The molecule has 0 aliphatic carbocycles. The van der Waals surface area contributed by atoms with Gasteiger partial charge in [0.15, 0.2) is 20.4 Å². The van der Waals surface area contributed by atoms with Crippen LogP contribution in [0.4, 0.5) is 0 Å². The molecule has 0 aromatic rings. The summed E-state index contributed by atoms with van der Waals surface area (Å²) in [6, 6.07) is 0. The summed E-state index contributed by atoms with van der Waals surface area (Å²) in [5, 5.41) is 0. The Balaban J connectivity index is 4.71. The lowest BCUT2D eigenvalue weighted by atomic mass is 11.6. The summed E-state index contributed by atoms with van der Waals surface area (Å²) in [6.45, 7) is -4.48. The highest BCUT2D eigenvalue weighted by Crippen LogP contribution is 2.49. The Morgan fingerprint density at radius 2 is 0.826 bits per heavy atom. The van der Waals surface area contributed by atoms with Crippen molar-refractivity contribution in [3.8, 4) is 0 Å². The molecule has 0 amide bonds. The lowest BCUT2D eigenvalue weighted by molar-refractivity contribution is -0.00543. The van der Waals surface area contributed by atoms with Crippen molar-refractivity contribution in [2.45, 2.75) is 0 Å². The van der Waals surface area contributed by atoms with Gasteiger partial charge < -0.3 is 0 Å². The zero-order valence-electron chi connectivity index (χ0n) is 10.4. The molecule has 20 heteroatoms. The lowest BCUT2D eigenvalue weighted by Crippen LogP contribution is -2.13. The van der Waals surface area contributed by atoms with E-state index in [4.69, 9.17) is 13.7 Å². The molecule has 0 saturated carbocycles. The van der Waals surface area contributed by atoms with E-state index in [2.05, 4.69) is 26.1 Å². The minimum atomic E-state index is -5.03. The van der Waals surface area contributed by atoms with Crippen LogP contribution in [0.1, 0.15) is 0 Å². The fourth-order valence-corrected chi connectivity index (χ4v) is 2.04. The maximum Gasteiger partial charge on any atom is 0.481 e. The molecule has 0 radical (unpaired) electrons. The van der Waals surface area contributed by atoms with Crippen molar-refractivity contribution < 1.29 is 69.6 Å². The van der Waals surface area contributed by atoms with E-state index in [9.17, 15) is 29.8 Å². The van der Waals surface area contributed by atoms with Gasteiger partial charge in [-0.05, 0) is 0 Å². The smallest absolute Gasteiger partial charge is 0.263 e. The summed E-state index contributed by atoms with van der Waals surface area (Å²) in [5.74, 6) is 0. The van der Waals surface area contributed by atoms with Crippen LogP contribution in [-0.4, -0.2) is 59.3 Å². The topological polar surface area (TPSA) is 236 Å². The van der Waals surface area contributed by atoms with Gasteiger partial charge in [0, 0.05) is 0 Å². The van der Waals surface area contributed by atoms with Crippen molar-refractivity contribution in [3.63, 3.8) is 0 Å². The van der Waals surface area contributed by atoms with Crippen LogP contribution in [0, 0.1) is 0 Å². The Bertz CT molecular complexity index is 615. The van der Waals surface area contributed by atoms with Crippen molar-refractivity contribution in [2.75, 3.05) is 20.4 Å². The van der Waals surface area contributed by atoms with Crippen LogP contribution >= 0.6 is 7.82 Å². The van der Waals surface area contributed by atoms with E-state index < -0.39 is 59.4 Å². The molecule has 0 aromatic heterocycles. The molecule has 0 aliphatic rings. The minimum Gasteiger partial charge on any atom is -0.263 e. The molecule has 23 heavy (non-hydrogen) atoms. The summed E-state index contributed by atoms with van der Waals surface area (Å²) >= 11 is 0. The second-order valence-corrected chi connectivity index (χ2v) is 7.77. The Morgan fingerprint density at radius 3 is 1.00 bits per heavy atom. The predicted octanol–water partition coefficient (Wildman–Crippen LogP) is -1.52. The summed E-state index contributed by atoms with van der Waals surface area (Å²) in [5.41, 5.74) is 0. The van der Waals surface area contributed by atoms with Gasteiger partial charge in [-0.3, -0.25) is 27.2 Å². The van der Waals surface area contributed by atoms with E-state index in [1.54, 1.807) is 0 Å². The van der Waals surface area contributed by atoms with Crippen LogP contribution in [0.2, 0.25) is 0 Å². The molecule has 0 atom stereocenters. The molecule has 3 N–H and O–H groups in total. The Morgan fingerprint density at radius 1 is 0.609 bits per heavy atom.